The summed E-state index contributed by atoms with van der Waals surface area (Å²) >= 11 is 0. The molecule has 0 aliphatic carbocycles. The molecule has 0 fully saturated rings. The maximum Gasteiger partial charge on any atom is 0.161 e. The van der Waals surface area contributed by atoms with Gasteiger partial charge in [-0.25, -0.2) is 4.98 Å². The Hall–Kier alpha value is -2.82. The summed E-state index contributed by atoms with van der Waals surface area (Å²) in [5.41, 5.74) is 4.39. The maximum absolute atomic E-state index is 5.43. The average molecular weight is 321 g/mol. The molecule has 0 N–H and O–H groups in total. The number of rotatable bonds is 3. The highest BCUT2D eigenvalue weighted by atomic mass is 16.5. The highest BCUT2D eigenvalue weighted by molar-refractivity contribution is 5.75. The summed E-state index contributed by atoms with van der Waals surface area (Å²) in [7, 11) is 3.34. The van der Waals surface area contributed by atoms with Crippen molar-refractivity contribution in [3.63, 3.8) is 0 Å². The van der Waals surface area contributed by atoms with E-state index < -0.39 is 0 Å². The summed E-state index contributed by atoms with van der Waals surface area (Å²) < 4.78 is 10.8. The molecule has 0 atom stereocenters. The number of hydrogen-bond donors (Lipinski definition) is 0. The van der Waals surface area contributed by atoms with Gasteiger partial charge in [0.15, 0.2) is 11.5 Å². The SMILES string of the molecule is COc1cc2c(cc1OC)CN(c1cnc3ccccc3n1)CC2. The third kappa shape index (κ3) is 2.52. The van der Waals surface area contributed by atoms with E-state index in [9.17, 15) is 0 Å². The summed E-state index contributed by atoms with van der Waals surface area (Å²) in [6.45, 7) is 1.71. The number of nitrogens with zero attached hydrogens (tertiary/aromatic N) is 3. The molecule has 122 valence electrons. The second kappa shape index (κ2) is 6.00. The Bertz CT molecular complexity index is 895. The summed E-state index contributed by atoms with van der Waals surface area (Å²) in [6.07, 6.45) is 2.80. The Kier molecular flexibility index (Phi) is 3.69. The van der Waals surface area contributed by atoms with Crippen LogP contribution in [-0.4, -0.2) is 30.7 Å². The predicted octanol–water partition coefficient (Wildman–Crippen LogP) is 3.21. The molecule has 0 radical (unpaired) electrons. The first-order valence-electron chi connectivity index (χ1n) is 7.99. The predicted molar refractivity (Wildman–Crippen MR) is 93.8 cm³/mol. The molecule has 0 amide bonds. The van der Waals surface area contributed by atoms with Crippen molar-refractivity contribution in [2.24, 2.45) is 0 Å². The minimum atomic E-state index is 0.766. The largest absolute Gasteiger partial charge is 0.493 e. The van der Waals surface area contributed by atoms with Crippen LogP contribution in [0.15, 0.2) is 42.6 Å². The second-order valence-electron chi connectivity index (χ2n) is 5.86. The highest BCUT2D eigenvalue weighted by Crippen LogP contribution is 2.34. The molecule has 2 aromatic carbocycles. The Balaban J connectivity index is 1.67. The number of fused-ring (bicyclic) bond motifs is 2. The van der Waals surface area contributed by atoms with Gasteiger partial charge in [-0.15, -0.1) is 0 Å². The van der Waals surface area contributed by atoms with E-state index in [1.807, 2.05) is 30.5 Å². The quantitative estimate of drug-likeness (QED) is 0.741. The third-order valence-corrected chi connectivity index (χ3v) is 4.48. The van der Waals surface area contributed by atoms with Crippen LogP contribution in [0, 0.1) is 0 Å². The monoisotopic (exact) mass is 321 g/mol. The minimum Gasteiger partial charge on any atom is -0.493 e. The number of benzene rings is 2. The van der Waals surface area contributed by atoms with Crippen LogP contribution in [0.5, 0.6) is 11.5 Å². The molecule has 0 bridgehead atoms. The van der Waals surface area contributed by atoms with Gasteiger partial charge in [-0.3, -0.25) is 4.98 Å². The number of ether oxygens (including phenoxy) is 2. The van der Waals surface area contributed by atoms with E-state index in [0.29, 0.717) is 0 Å². The summed E-state index contributed by atoms with van der Waals surface area (Å²) in [5, 5.41) is 0. The lowest BCUT2D eigenvalue weighted by Gasteiger charge is -2.30. The molecular weight excluding hydrogens is 302 g/mol. The van der Waals surface area contributed by atoms with Gasteiger partial charge in [0.1, 0.15) is 5.82 Å². The Labute approximate surface area is 140 Å². The zero-order chi connectivity index (χ0) is 16.5. The molecular formula is C19H19N3O2. The molecule has 1 aliphatic rings. The van der Waals surface area contributed by atoms with E-state index in [1.54, 1.807) is 14.2 Å². The van der Waals surface area contributed by atoms with E-state index in [4.69, 9.17) is 14.5 Å². The van der Waals surface area contributed by atoms with Crippen LogP contribution in [0.3, 0.4) is 0 Å². The highest BCUT2D eigenvalue weighted by Gasteiger charge is 2.20. The number of hydrogen-bond acceptors (Lipinski definition) is 5. The van der Waals surface area contributed by atoms with Crippen molar-refractivity contribution in [3.8, 4) is 11.5 Å². The van der Waals surface area contributed by atoms with E-state index in [-0.39, 0.29) is 0 Å². The lowest BCUT2D eigenvalue weighted by Crippen LogP contribution is -2.31. The fourth-order valence-electron chi connectivity index (χ4n) is 3.18. The zero-order valence-corrected chi connectivity index (χ0v) is 13.8. The van der Waals surface area contributed by atoms with Crippen molar-refractivity contribution in [2.75, 3.05) is 25.7 Å². The lowest BCUT2D eigenvalue weighted by molar-refractivity contribution is 0.353. The number of aromatic nitrogens is 2. The molecule has 1 aliphatic heterocycles. The molecule has 4 rings (SSSR count). The minimum absolute atomic E-state index is 0.766. The van der Waals surface area contributed by atoms with Crippen molar-refractivity contribution < 1.29 is 9.47 Å². The number of anilines is 1. The van der Waals surface area contributed by atoms with Crippen molar-refractivity contribution in [1.29, 1.82) is 0 Å². The van der Waals surface area contributed by atoms with Crippen LogP contribution < -0.4 is 14.4 Å². The van der Waals surface area contributed by atoms with Gasteiger partial charge in [-0.05, 0) is 41.8 Å². The van der Waals surface area contributed by atoms with Crippen molar-refractivity contribution in [3.05, 3.63) is 53.7 Å². The van der Waals surface area contributed by atoms with Gasteiger partial charge in [0.05, 0.1) is 31.4 Å². The molecule has 0 saturated carbocycles. The molecule has 0 spiro atoms. The summed E-state index contributed by atoms with van der Waals surface area (Å²) in [6, 6.07) is 12.1. The molecule has 24 heavy (non-hydrogen) atoms. The molecule has 3 aromatic rings. The first-order valence-corrected chi connectivity index (χ1v) is 7.99. The topological polar surface area (TPSA) is 47.5 Å². The van der Waals surface area contributed by atoms with Gasteiger partial charge in [-0.2, -0.15) is 0 Å². The standard InChI is InChI=1S/C19H19N3O2/c1-23-17-9-13-7-8-22(12-14(13)10-18(17)24-2)19-11-20-15-5-3-4-6-16(15)21-19/h3-6,9-11H,7-8,12H2,1-2H3. The lowest BCUT2D eigenvalue weighted by atomic mass is 9.99. The van der Waals surface area contributed by atoms with Crippen LogP contribution in [0.2, 0.25) is 0 Å². The van der Waals surface area contributed by atoms with Crippen molar-refractivity contribution in [1.82, 2.24) is 9.97 Å². The van der Waals surface area contributed by atoms with Crippen LogP contribution in [0.4, 0.5) is 5.82 Å². The fourth-order valence-corrected chi connectivity index (χ4v) is 3.18. The van der Waals surface area contributed by atoms with Crippen LogP contribution >= 0.6 is 0 Å². The van der Waals surface area contributed by atoms with Crippen LogP contribution in [0.25, 0.3) is 11.0 Å². The molecule has 5 heteroatoms. The van der Waals surface area contributed by atoms with Gasteiger partial charge < -0.3 is 14.4 Å². The Morgan fingerprint density at radius 1 is 0.958 bits per heavy atom. The van der Waals surface area contributed by atoms with E-state index in [0.717, 1.165) is 47.9 Å². The van der Waals surface area contributed by atoms with E-state index in [1.165, 1.54) is 11.1 Å². The first kappa shape index (κ1) is 14.8. The smallest absolute Gasteiger partial charge is 0.161 e. The zero-order valence-electron chi connectivity index (χ0n) is 13.8. The fraction of sp³-hybridized carbons (Fsp3) is 0.263. The van der Waals surface area contributed by atoms with Crippen LogP contribution in [0.1, 0.15) is 11.1 Å². The molecule has 2 heterocycles. The Morgan fingerprint density at radius 2 is 1.67 bits per heavy atom. The number of para-hydroxylation sites is 2. The third-order valence-electron chi connectivity index (χ3n) is 4.48. The van der Waals surface area contributed by atoms with Gasteiger partial charge in [0.2, 0.25) is 0 Å². The van der Waals surface area contributed by atoms with Crippen molar-refractivity contribution in [2.45, 2.75) is 13.0 Å². The Morgan fingerprint density at radius 3 is 2.42 bits per heavy atom. The maximum atomic E-state index is 5.43. The van der Waals surface area contributed by atoms with Gasteiger partial charge in [0.25, 0.3) is 0 Å². The van der Waals surface area contributed by atoms with Gasteiger partial charge >= 0.3 is 0 Å². The average Bonchev–Trinajstić information content (AvgIpc) is 2.66. The second-order valence-corrected chi connectivity index (χ2v) is 5.86. The number of methoxy groups -OCH3 is 2. The molecule has 5 nitrogen and oxygen atoms in total. The van der Waals surface area contributed by atoms with Crippen molar-refractivity contribution >= 4 is 16.9 Å². The normalized spacial score (nSPS) is 13.7. The summed E-state index contributed by atoms with van der Waals surface area (Å²) in [4.78, 5) is 11.5. The molecule has 0 unspecified atom stereocenters. The van der Waals surface area contributed by atoms with Gasteiger partial charge in [0, 0.05) is 13.1 Å². The van der Waals surface area contributed by atoms with Gasteiger partial charge in [-0.1, -0.05) is 12.1 Å². The summed E-state index contributed by atoms with van der Waals surface area (Å²) in [5.74, 6) is 2.46. The first-order chi connectivity index (χ1) is 11.8. The molecule has 0 saturated heterocycles. The van der Waals surface area contributed by atoms with E-state index >= 15 is 0 Å². The van der Waals surface area contributed by atoms with Crippen LogP contribution in [-0.2, 0) is 13.0 Å². The molecule has 1 aromatic heterocycles. The van der Waals surface area contributed by atoms with E-state index in [2.05, 4.69) is 22.0 Å².